The minimum absolute atomic E-state index is 0.0704. The number of hydrogen-bond acceptors (Lipinski definition) is 4. The zero-order valence-electron chi connectivity index (χ0n) is 11.7. The standard InChI is InChI=1S/C17H14O4/c1-20-13-9-6-12(7-10-13)8-11-15(19)17-14(18)4-3-5-16(17)21-2/h3-7,9-10,18H,1-2H3. The van der Waals surface area contributed by atoms with Crippen LogP contribution in [0.4, 0.5) is 0 Å². The smallest absolute Gasteiger partial charge is 0.243 e. The highest BCUT2D eigenvalue weighted by Gasteiger charge is 2.14. The van der Waals surface area contributed by atoms with Crippen LogP contribution in [0.1, 0.15) is 15.9 Å². The molecule has 2 rings (SSSR count). The third-order valence-corrected chi connectivity index (χ3v) is 2.86. The van der Waals surface area contributed by atoms with Gasteiger partial charge >= 0.3 is 0 Å². The second-order valence-corrected chi connectivity index (χ2v) is 4.16. The van der Waals surface area contributed by atoms with Crippen molar-refractivity contribution in [1.82, 2.24) is 0 Å². The number of phenolic OH excluding ortho intramolecular Hbond substituents is 1. The zero-order chi connectivity index (χ0) is 15.2. The largest absolute Gasteiger partial charge is 0.507 e. The monoisotopic (exact) mass is 282 g/mol. The van der Waals surface area contributed by atoms with Crippen LogP contribution < -0.4 is 9.47 Å². The van der Waals surface area contributed by atoms with E-state index in [2.05, 4.69) is 11.8 Å². The van der Waals surface area contributed by atoms with Gasteiger partial charge in [-0.15, -0.1) is 0 Å². The van der Waals surface area contributed by atoms with E-state index in [1.54, 1.807) is 43.5 Å². The van der Waals surface area contributed by atoms with E-state index in [1.165, 1.54) is 13.2 Å². The first kappa shape index (κ1) is 14.5. The first-order valence-electron chi connectivity index (χ1n) is 6.22. The fourth-order valence-corrected chi connectivity index (χ4v) is 1.78. The minimum atomic E-state index is -0.499. The van der Waals surface area contributed by atoms with Crippen molar-refractivity contribution in [2.45, 2.75) is 0 Å². The second kappa shape index (κ2) is 6.49. The van der Waals surface area contributed by atoms with E-state index in [0.29, 0.717) is 17.1 Å². The summed E-state index contributed by atoms with van der Waals surface area (Å²) in [6.07, 6.45) is 0. The number of aromatic hydroxyl groups is 1. The fraction of sp³-hybridized carbons (Fsp3) is 0.118. The Morgan fingerprint density at radius 3 is 2.38 bits per heavy atom. The Morgan fingerprint density at radius 2 is 1.76 bits per heavy atom. The summed E-state index contributed by atoms with van der Waals surface area (Å²) in [6, 6.07) is 11.6. The third kappa shape index (κ3) is 3.34. The molecule has 0 radical (unpaired) electrons. The van der Waals surface area contributed by atoms with Gasteiger partial charge in [-0.3, -0.25) is 4.79 Å². The molecule has 0 spiro atoms. The van der Waals surface area contributed by atoms with E-state index < -0.39 is 5.78 Å². The Bertz CT molecular complexity index is 706. The number of phenols is 1. The van der Waals surface area contributed by atoms with E-state index in [1.807, 2.05) is 0 Å². The molecule has 0 fully saturated rings. The van der Waals surface area contributed by atoms with Gasteiger partial charge < -0.3 is 14.6 Å². The van der Waals surface area contributed by atoms with Crippen molar-refractivity contribution in [3.05, 3.63) is 53.6 Å². The number of rotatable bonds is 3. The summed E-state index contributed by atoms with van der Waals surface area (Å²) in [5.74, 6) is 5.61. The molecule has 2 aromatic rings. The van der Waals surface area contributed by atoms with Gasteiger partial charge in [-0.25, -0.2) is 0 Å². The number of carbonyl (C=O) groups is 1. The molecule has 0 saturated carbocycles. The Labute approximate surface area is 122 Å². The van der Waals surface area contributed by atoms with Gasteiger partial charge in [-0.1, -0.05) is 12.0 Å². The molecular formula is C17H14O4. The zero-order valence-corrected chi connectivity index (χ0v) is 11.7. The molecule has 4 nitrogen and oxygen atoms in total. The molecule has 0 aliphatic heterocycles. The lowest BCUT2D eigenvalue weighted by molar-refractivity contribution is 0.105. The molecule has 0 atom stereocenters. The van der Waals surface area contributed by atoms with Gasteiger partial charge in [0.25, 0.3) is 0 Å². The van der Waals surface area contributed by atoms with Crippen LogP contribution in [0.3, 0.4) is 0 Å². The lowest BCUT2D eigenvalue weighted by Gasteiger charge is -2.05. The summed E-state index contributed by atoms with van der Waals surface area (Å²) in [4.78, 5) is 12.1. The number of hydrogen-bond donors (Lipinski definition) is 1. The number of carbonyl (C=O) groups excluding carboxylic acids is 1. The molecule has 4 heteroatoms. The van der Waals surface area contributed by atoms with Crippen LogP contribution in [0.15, 0.2) is 42.5 Å². The second-order valence-electron chi connectivity index (χ2n) is 4.16. The molecule has 0 amide bonds. The van der Waals surface area contributed by atoms with Crippen molar-refractivity contribution in [2.24, 2.45) is 0 Å². The number of ether oxygens (including phenoxy) is 2. The highest BCUT2D eigenvalue weighted by atomic mass is 16.5. The van der Waals surface area contributed by atoms with Gasteiger partial charge in [0, 0.05) is 5.56 Å². The molecule has 1 N–H and O–H groups in total. The van der Waals surface area contributed by atoms with E-state index in [9.17, 15) is 9.90 Å². The summed E-state index contributed by atoms with van der Waals surface area (Å²) in [6.45, 7) is 0. The maximum atomic E-state index is 12.1. The highest BCUT2D eigenvalue weighted by molar-refractivity contribution is 6.12. The number of Topliss-reactive ketones (excluding diaryl/α,β-unsaturated/α-hetero) is 1. The van der Waals surface area contributed by atoms with Crippen molar-refractivity contribution in [3.63, 3.8) is 0 Å². The van der Waals surface area contributed by atoms with Crippen molar-refractivity contribution >= 4 is 5.78 Å². The van der Waals surface area contributed by atoms with Gasteiger partial charge in [0.05, 0.1) is 14.2 Å². The topological polar surface area (TPSA) is 55.8 Å². The van der Waals surface area contributed by atoms with Gasteiger partial charge in [-0.2, -0.15) is 0 Å². The van der Waals surface area contributed by atoms with Crippen molar-refractivity contribution in [2.75, 3.05) is 14.2 Å². The predicted octanol–water partition coefficient (Wildman–Crippen LogP) is 2.64. The maximum absolute atomic E-state index is 12.1. The summed E-state index contributed by atoms with van der Waals surface area (Å²) in [5.41, 5.74) is 0.750. The Balaban J connectivity index is 2.28. The molecule has 106 valence electrons. The first-order chi connectivity index (χ1) is 10.2. The molecule has 0 aromatic heterocycles. The molecule has 0 aliphatic carbocycles. The van der Waals surface area contributed by atoms with E-state index in [0.717, 1.165) is 0 Å². The van der Waals surface area contributed by atoms with Crippen LogP contribution in [-0.2, 0) is 0 Å². The van der Waals surface area contributed by atoms with Crippen LogP contribution in [0.2, 0.25) is 0 Å². The molecule has 21 heavy (non-hydrogen) atoms. The van der Waals surface area contributed by atoms with E-state index >= 15 is 0 Å². The molecule has 0 saturated heterocycles. The summed E-state index contributed by atoms with van der Waals surface area (Å²) in [5, 5.41) is 9.77. The molecule has 0 heterocycles. The molecule has 0 unspecified atom stereocenters. The quantitative estimate of drug-likeness (QED) is 0.694. The fourth-order valence-electron chi connectivity index (χ4n) is 1.78. The third-order valence-electron chi connectivity index (χ3n) is 2.86. The average molecular weight is 282 g/mol. The van der Waals surface area contributed by atoms with E-state index in [4.69, 9.17) is 9.47 Å². The van der Waals surface area contributed by atoms with Gasteiger partial charge in [0.2, 0.25) is 5.78 Å². The Hall–Kier alpha value is -2.93. The average Bonchev–Trinajstić information content (AvgIpc) is 2.52. The number of ketones is 1. The lowest BCUT2D eigenvalue weighted by atomic mass is 10.1. The van der Waals surface area contributed by atoms with E-state index in [-0.39, 0.29) is 11.3 Å². The van der Waals surface area contributed by atoms with Gasteiger partial charge in [0.1, 0.15) is 22.8 Å². The SMILES string of the molecule is COc1ccc(C#CC(=O)c2c(O)cccc2OC)cc1. The minimum Gasteiger partial charge on any atom is -0.507 e. The first-order valence-corrected chi connectivity index (χ1v) is 6.22. The lowest BCUT2D eigenvalue weighted by Crippen LogP contribution is -2.00. The van der Waals surface area contributed by atoms with Crippen LogP contribution >= 0.6 is 0 Å². The van der Waals surface area contributed by atoms with Crippen molar-refractivity contribution < 1.29 is 19.4 Å². The van der Waals surface area contributed by atoms with Crippen molar-refractivity contribution in [3.8, 4) is 29.1 Å². The summed E-state index contributed by atoms with van der Waals surface area (Å²) >= 11 is 0. The summed E-state index contributed by atoms with van der Waals surface area (Å²) < 4.78 is 10.1. The highest BCUT2D eigenvalue weighted by Crippen LogP contribution is 2.27. The van der Waals surface area contributed by atoms with Gasteiger partial charge in [0.15, 0.2) is 0 Å². The number of methoxy groups -OCH3 is 2. The molecule has 0 aliphatic rings. The molecule has 2 aromatic carbocycles. The van der Waals surface area contributed by atoms with Crippen LogP contribution in [0.25, 0.3) is 0 Å². The van der Waals surface area contributed by atoms with Crippen LogP contribution in [0, 0.1) is 11.8 Å². The molecule has 0 bridgehead atoms. The van der Waals surface area contributed by atoms with Crippen LogP contribution in [-0.4, -0.2) is 25.1 Å². The number of benzene rings is 2. The molecular weight excluding hydrogens is 268 g/mol. The Morgan fingerprint density at radius 1 is 1.05 bits per heavy atom. The predicted molar refractivity (Wildman–Crippen MR) is 78.9 cm³/mol. The van der Waals surface area contributed by atoms with Gasteiger partial charge in [-0.05, 0) is 42.3 Å². The van der Waals surface area contributed by atoms with Crippen LogP contribution in [0.5, 0.6) is 17.2 Å². The normalized spacial score (nSPS) is 9.43. The van der Waals surface area contributed by atoms with Crippen molar-refractivity contribution in [1.29, 1.82) is 0 Å². The Kier molecular flexibility index (Phi) is 4.47. The maximum Gasteiger partial charge on any atom is 0.243 e. The summed E-state index contributed by atoms with van der Waals surface area (Å²) in [7, 11) is 3.01.